The first-order valence-corrected chi connectivity index (χ1v) is 11.6. The summed E-state index contributed by atoms with van der Waals surface area (Å²) in [7, 11) is 5.95. The highest BCUT2D eigenvalue weighted by Gasteiger charge is 2.26. The molecule has 1 fully saturated rings. The van der Waals surface area contributed by atoms with E-state index in [9.17, 15) is 4.21 Å². The molecule has 1 aliphatic rings. The molecule has 1 aliphatic carbocycles. The lowest BCUT2D eigenvalue weighted by atomic mass is 9.95. The molecule has 1 saturated carbocycles. The van der Waals surface area contributed by atoms with Crippen LogP contribution in [-0.2, 0) is 17.2 Å². The van der Waals surface area contributed by atoms with Gasteiger partial charge in [-0.25, -0.2) is 0 Å². The van der Waals surface area contributed by atoms with Gasteiger partial charge in [0.1, 0.15) is 17.2 Å². The fourth-order valence-electron chi connectivity index (χ4n) is 3.77. The van der Waals surface area contributed by atoms with Gasteiger partial charge in [-0.1, -0.05) is 13.3 Å². The van der Waals surface area contributed by atoms with E-state index in [0.29, 0.717) is 24.8 Å². The van der Waals surface area contributed by atoms with Crippen LogP contribution >= 0.6 is 0 Å². The van der Waals surface area contributed by atoms with Crippen LogP contribution in [0.3, 0.4) is 0 Å². The van der Waals surface area contributed by atoms with Crippen LogP contribution in [0.1, 0.15) is 38.2 Å². The molecule has 0 bridgehead atoms. The molecule has 0 aromatic heterocycles. The Kier molecular flexibility index (Phi) is 9.57. The Balaban J connectivity index is 1.94. The Bertz CT molecular complexity index is 686. The van der Waals surface area contributed by atoms with Crippen LogP contribution in [0, 0.1) is 0 Å². The SMILES string of the molecule is CCS(=O)C1CCCC(NC(=NC)NCCc2c(OC)cc(OC)cc2OC)C1. The summed E-state index contributed by atoms with van der Waals surface area (Å²) in [6.45, 7) is 2.67. The maximum absolute atomic E-state index is 12.2. The highest BCUT2D eigenvalue weighted by atomic mass is 32.2. The number of hydrogen-bond acceptors (Lipinski definition) is 5. The molecule has 2 rings (SSSR count). The molecule has 0 amide bonds. The molecule has 0 heterocycles. The molecular weight excluding hydrogens is 390 g/mol. The van der Waals surface area contributed by atoms with Gasteiger partial charge in [0, 0.05) is 59.1 Å². The van der Waals surface area contributed by atoms with E-state index in [1.54, 1.807) is 28.4 Å². The van der Waals surface area contributed by atoms with Crippen molar-refractivity contribution in [3.63, 3.8) is 0 Å². The molecule has 0 saturated heterocycles. The van der Waals surface area contributed by atoms with Crippen LogP contribution < -0.4 is 24.8 Å². The van der Waals surface area contributed by atoms with Crippen LogP contribution in [0.2, 0.25) is 0 Å². The van der Waals surface area contributed by atoms with Crippen molar-refractivity contribution in [3.8, 4) is 17.2 Å². The van der Waals surface area contributed by atoms with Gasteiger partial charge in [0.05, 0.1) is 21.3 Å². The zero-order valence-corrected chi connectivity index (χ0v) is 19.1. The summed E-state index contributed by atoms with van der Waals surface area (Å²) in [5.41, 5.74) is 0.981. The minimum atomic E-state index is -0.730. The number of methoxy groups -OCH3 is 3. The van der Waals surface area contributed by atoms with Crippen LogP contribution in [-0.4, -0.2) is 62.1 Å². The van der Waals surface area contributed by atoms with Gasteiger partial charge in [-0.3, -0.25) is 9.20 Å². The molecule has 8 heteroatoms. The molecule has 164 valence electrons. The summed E-state index contributed by atoms with van der Waals surface area (Å²) in [5, 5.41) is 7.16. The number of nitrogens with zero attached hydrogens (tertiary/aromatic N) is 1. The van der Waals surface area contributed by atoms with E-state index >= 15 is 0 Å². The van der Waals surface area contributed by atoms with E-state index in [1.807, 2.05) is 19.1 Å². The van der Waals surface area contributed by atoms with Crippen LogP contribution in [0.5, 0.6) is 17.2 Å². The van der Waals surface area contributed by atoms with Gasteiger partial charge >= 0.3 is 0 Å². The number of benzene rings is 1. The molecule has 7 nitrogen and oxygen atoms in total. The van der Waals surface area contributed by atoms with E-state index in [-0.39, 0.29) is 5.25 Å². The summed E-state index contributed by atoms with van der Waals surface area (Å²) in [5.74, 6) is 3.68. The van der Waals surface area contributed by atoms with Crippen molar-refractivity contribution in [2.45, 2.75) is 50.3 Å². The molecule has 1 aromatic carbocycles. The van der Waals surface area contributed by atoms with Crippen LogP contribution in [0.25, 0.3) is 0 Å². The second-order valence-electron chi connectivity index (χ2n) is 7.06. The monoisotopic (exact) mass is 425 g/mol. The summed E-state index contributed by atoms with van der Waals surface area (Å²) in [6.07, 6.45) is 4.89. The van der Waals surface area contributed by atoms with Crippen molar-refractivity contribution >= 4 is 16.8 Å². The van der Waals surface area contributed by atoms with E-state index < -0.39 is 10.8 Å². The summed E-state index contributed by atoms with van der Waals surface area (Å²) < 4.78 is 28.5. The number of hydrogen-bond donors (Lipinski definition) is 2. The first kappa shape index (κ1) is 23.3. The lowest BCUT2D eigenvalue weighted by molar-refractivity contribution is 0.368. The van der Waals surface area contributed by atoms with Gasteiger partial charge in [0.15, 0.2) is 5.96 Å². The van der Waals surface area contributed by atoms with Gasteiger partial charge in [-0.05, 0) is 25.7 Å². The van der Waals surface area contributed by atoms with Crippen molar-refractivity contribution in [2.75, 3.05) is 40.7 Å². The first-order valence-electron chi connectivity index (χ1n) is 10.2. The summed E-state index contributed by atoms with van der Waals surface area (Å²) >= 11 is 0. The quantitative estimate of drug-likeness (QED) is 0.467. The molecule has 3 unspecified atom stereocenters. The van der Waals surface area contributed by atoms with E-state index in [4.69, 9.17) is 14.2 Å². The van der Waals surface area contributed by atoms with Crippen molar-refractivity contribution < 1.29 is 18.4 Å². The lowest BCUT2D eigenvalue weighted by Gasteiger charge is -2.30. The third-order valence-corrected chi connectivity index (χ3v) is 7.07. The Morgan fingerprint density at radius 3 is 2.41 bits per heavy atom. The van der Waals surface area contributed by atoms with E-state index in [2.05, 4.69) is 15.6 Å². The number of rotatable bonds is 9. The summed E-state index contributed by atoms with van der Waals surface area (Å²) in [4.78, 5) is 4.35. The largest absolute Gasteiger partial charge is 0.496 e. The lowest BCUT2D eigenvalue weighted by Crippen LogP contribution is -2.47. The van der Waals surface area contributed by atoms with Gasteiger partial charge in [0.25, 0.3) is 0 Å². The standard InChI is InChI=1S/C21H35N3O4S/c1-6-29(25)17-9-7-8-15(12-17)24-21(22-2)23-11-10-18-19(27-4)13-16(26-3)14-20(18)28-5/h13-15,17H,6-12H2,1-5H3,(H2,22,23,24). The predicted molar refractivity (Wildman–Crippen MR) is 119 cm³/mol. The minimum Gasteiger partial charge on any atom is -0.496 e. The average molecular weight is 426 g/mol. The predicted octanol–water partition coefficient (Wildman–Crippen LogP) is 2.50. The second kappa shape index (κ2) is 11.9. The highest BCUT2D eigenvalue weighted by Crippen LogP contribution is 2.34. The zero-order valence-electron chi connectivity index (χ0n) is 18.2. The van der Waals surface area contributed by atoms with Crippen LogP contribution in [0.4, 0.5) is 0 Å². The Morgan fingerprint density at radius 2 is 1.86 bits per heavy atom. The number of aliphatic imine (C=N–C) groups is 1. The zero-order chi connectivity index (χ0) is 21.2. The topological polar surface area (TPSA) is 81.2 Å². The molecule has 0 spiro atoms. The first-order chi connectivity index (χ1) is 14.1. The normalized spacial score (nSPS) is 20.7. The Morgan fingerprint density at radius 1 is 1.17 bits per heavy atom. The number of nitrogens with one attached hydrogen (secondary N) is 2. The molecule has 2 N–H and O–H groups in total. The smallest absolute Gasteiger partial charge is 0.191 e. The van der Waals surface area contributed by atoms with Crippen molar-refractivity contribution in [1.29, 1.82) is 0 Å². The molecular formula is C21H35N3O4S. The van der Waals surface area contributed by atoms with Crippen molar-refractivity contribution in [3.05, 3.63) is 17.7 Å². The van der Waals surface area contributed by atoms with Gasteiger partial charge < -0.3 is 24.8 Å². The van der Waals surface area contributed by atoms with Crippen molar-refractivity contribution in [2.24, 2.45) is 4.99 Å². The highest BCUT2D eigenvalue weighted by molar-refractivity contribution is 7.85. The van der Waals surface area contributed by atoms with Gasteiger partial charge in [-0.2, -0.15) is 0 Å². The molecule has 29 heavy (non-hydrogen) atoms. The van der Waals surface area contributed by atoms with E-state index in [1.165, 1.54) is 0 Å². The van der Waals surface area contributed by atoms with E-state index in [0.717, 1.165) is 54.5 Å². The fraction of sp³-hybridized carbons (Fsp3) is 0.667. The maximum atomic E-state index is 12.2. The average Bonchev–Trinajstić information content (AvgIpc) is 2.77. The fourth-order valence-corrected chi connectivity index (χ4v) is 5.12. The molecule has 3 atom stereocenters. The number of guanidine groups is 1. The third-order valence-electron chi connectivity index (χ3n) is 5.33. The Hall–Kier alpha value is -1.96. The molecule has 0 aliphatic heterocycles. The minimum absolute atomic E-state index is 0.289. The van der Waals surface area contributed by atoms with Gasteiger partial charge in [-0.15, -0.1) is 0 Å². The Labute approximate surface area is 177 Å². The van der Waals surface area contributed by atoms with Gasteiger partial charge in [0.2, 0.25) is 0 Å². The van der Waals surface area contributed by atoms with Crippen LogP contribution in [0.15, 0.2) is 17.1 Å². The van der Waals surface area contributed by atoms with Crippen molar-refractivity contribution in [1.82, 2.24) is 10.6 Å². The maximum Gasteiger partial charge on any atom is 0.191 e. The second-order valence-corrected chi connectivity index (χ2v) is 9.06. The summed E-state index contributed by atoms with van der Waals surface area (Å²) in [6, 6.07) is 4.03. The molecule has 1 aromatic rings. The number of ether oxygens (including phenoxy) is 3. The molecule has 0 radical (unpaired) electrons. The third kappa shape index (κ3) is 6.52.